The molecule has 1 amide bonds. The van der Waals surface area contributed by atoms with Crippen LogP contribution in [0.15, 0.2) is 9.95 Å². The Hall–Kier alpha value is -1.81. The van der Waals surface area contributed by atoms with E-state index in [1.54, 1.807) is 6.92 Å². The second-order valence-electron chi connectivity index (χ2n) is 4.40. The van der Waals surface area contributed by atoms with Gasteiger partial charge in [-0.2, -0.15) is 0 Å². The molecule has 0 radical (unpaired) electrons. The van der Waals surface area contributed by atoms with Gasteiger partial charge in [-0.05, 0) is 19.8 Å². The van der Waals surface area contributed by atoms with Crippen LogP contribution in [0.4, 0.5) is 5.13 Å². The van der Waals surface area contributed by atoms with E-state index in [9.17, 15) is 9.59 Å². The van der Waals surface area contributed by atoms with Crippen LogP contribution in [-0.4, -0.2) is 36.5 Å². The zero-order valence-electron chi connectivity index (χ0n) is 12.4. The number of nitrogens with one attached hydrogen (secondary N) is 2. The van der Waals surface area contributed by atoms with Crippen molar-refractivity contribution in [1.82, 2.24) is 25.4 Å². The highest BCUT2D eigenvalue weighted by atomic mass is 32.2. The lowest BCUT2D eigenvalue weighted by atomic mass is 10.3. The summed E-state index contributed by atoms with van der Waals surface area (Å²) in [6, 6.07) is 0. The summed E-state index contributed by atoms with van der Waals surface area (Å²) in [5, 5.41) is 19.5. The van der Waals surface area contributed by atoms with Gasteiger partial charge in [0.15, 0.2) is 5.16 Å². The van der Waals surface area contributed by atoms with Crippen LogP contribution >= 0.6 is 23.1 Å². The molecule has 2 heterocycles. The SMILES string of the molecule is CCc1nnc(NC(=O)C(CC)Sc2nnc(C)c(=O)[nH]2)s1. The Labute approximate surface area is 135 Å². The summed E-state index contributed by atoms with van der Waals surface area (Å²) in [5.74, 6) is -0.200. The van der Waals surface area contributed by atoms with E-state index in [1.165, 1.54) is 23.1 Å². The molecule has 0 spiro atoms. The quantitative estimate of drug-likeness (QED) is 0.764. The molecule has 118 valence electrons. The highest BCUT2D eigenvalue weighted by Gasteiger charge is 2.21. The molecule has 8 nitrogen and oxygen atoms in total. The van der Waals surface area contributed by atoms with E-state index in [2.05, 4.69) is 30.7 Å². The number of amides is 1. The molecule has 22 heavy (non-hydrogen) atoms. The van der Waals surface area contributed by atoms with Gasteiger partial charge in [-0.3, -0.25) is 19.9 Å². The minimum absolute atomic E-state index is 0.200. The number of thioether (sulfide) groups is 1. The largest absolute Gasteiger partial charge is 0.300 e. The Morgan fingerprint density at radius 2 is 2.09 bits per heavy atom. The van der Waals surface area contributed by atoms with E-state index in [-0.39, 0.29) is 11.5 Å². The normalized spacial score (nSPS) is 12.1. The summed E-state index contributed by atoms with van der Waals surface area (Å²) in [5.41, 5.74) is -0.00715. The number of hydrogen-bond donors (Lipinski definition) is 2. The fourth-order valence-corrected chi connectivity index (χ4v) is 3.05. The maximum absolute atomic E-state index is 12.3. The number of aromatic amines is 1. The van der Waals surface area contributed by atoms with Crippen LogP contribution in [0, 0.1) is 6.92 Å². The van der Waals surface area contributed by atoms with Crippen molar-refractivity contribution < 1.29 is 4.79 Å². The molecule has 2 rings (SSSR count). The summed E-state index contributed by atoms with van der Waals surface area (Å²) < 4.78 is 0. The summed E-state index contributed by atoms with van der Waals surface area (Å²) >= 11 is 2.52. The Balaban J connectivity index is 2.05. The van der Waals surface area contributed by atoms with Crippen LogP contribution in [0.5, 0.6) is 0 Å². The first kappa shape index (κ1) is 16.6. The Morgan fingerprint density at radius 3 is 2.68 bits per heavy atom. The minimum Gasteiger partial charge on any atom is -0.300 e. The minimum atomic E-state index is -0.401. The van der Waals surface area contributed by atoms with Gasteiger partial charge < -0.3 is 0 Å². The molecule has 10 heteroatoms. The molecule has 1 atom stereocenters. The number of carbonyl (C=O) groups excluding carboxylic acids is 1. The van der Waals surface area contributed by atoms with Crippen molar-refractivity contribution in [1.29, 1.82) is 0 Å². The van der Waals surface area contributed by atoms with Gasteiger partial charge in [0.05, 0.1) is 5.25 Å². The van der Waals surface area contributed by atoms with Crippen molar-refractivity contribution in [2.75, 3.05) is 5.32 Å². The molecule has 1 unspecified atom stereocenters. The molecule has 0 aliphatic carbocycles. The number of rotatable bonds is 6. The van der Waals surface area contributed by atoms with Gasteiger partial charge in [-0.25, -0.2) is 0 Å². The molecule has 0 fully saturated rings. The molecule has 2 aromatic rings. The van der Waals surface area contributed by atoms with Crippen molar-refractivity contribution >= 4 is 34.1 Å². The third kappa shape index (κ3) is 4.10. The number of hydrogen-bond acceptors (Lipinski definition) is 8. The number of nitrogens with zero attached hydrogens (tertiary/aromatic N) is 4. The van der Waals surface area contributed by atoms with Crippen LogP contribution in [-0.2, 0) is 11.2 Å². The Bertz CT molecular complexity index is 714. The highest BCUT2D eigenvalue weighted by molar-refractivity contribution is 8.00. The van der Waals surface area contributed by atoms with E-state index in [1.807, 2.05) is 13.8 Å². The molecule has 2 aromatic heterocycles. The smallest absolute Gasteiger partial charge is 0.273 e. The standard InChI is InChI=1S/C12H16N6O2S2/c1-4-7(21-11-13-9(19)6(3)15-17-11)10(20)14-12-18-16-8(5-2)22-12/h7H,4-5H2,1-3H3,(H,13,17,19)(H,14,18,20). The van der Waals surface area contributed by atoms with Crippen molar-refractivity contribution in [3.05, 3.63) is 21.1 Å². The van der Waals surface area contributed by atoms with Gasteiger partial charge in [0.25, 0.3) is 5.56 Å². The van der Waals surface area contributed by atoms with Crippen molar-refractivity contribution in [2.24, 2.45) is 0 Å². The first-order valence-corrected chi connectivity index (χ1v) is 8.46. The molecule has 2 N–H and O–H groups in total. The molecule has 0 saturated carbocycles. The molecule has 0 saturated heterocycles. The third-order valence-corrected chi connectivity index (χ3v) is 4.98. The molecule has 0 aliphatic heterocycles. The summed E-state index contributed by atoms with van der Waals surface area (Å²) in [6.45, 7) is 5.43. The van der Waals surface area contributed by atoms with Gasteiger partial charge in [-0.1, -0.05) is 36.9 Å². The number of anilines is 1. The van der Waals surface area contributed by atoms with E-state index < -0.39 is 5.25 Å². The fourth-order valence-electron chi connectivity index (χ4n) is 1.52. The van der Waals surface area contributed by atoms with Crippen LogP contribution in [0.25, 0.3) is 0 Å². The second kappa shape index (κ2) is 7.45. The Morgan fingerprint density at radius 1 is 1.32 bits per heavy atom. The van der Waals surface area contributed by atoms with Gasteiger partial charge >= 0.3 is 0 Å². The predicted octanol–water partition coefficient (Wildman–Crippen LogP) is 1.40. The molecule has 0 aliphatic rings. The monoisotopic (exact) mass is 340 g/mol. The zero-order chi connectivity index (χ0) is 16.1. The van der Waals surface area contributed by atoms with Crippen LogP contribution in [0.3, 0.4) is 0 Å². The average Bonchev–Trinajstić information content (AvgIpc) is 2.95. The van der Waals surface area contributed by atoms with Crippen LogP contribution in [0.2, 0.25) is 0 Å². The maximum Gasteiger partial charge on any atom is 0.273 e. The molecular weight excluding hydrogens is 324 g/mol. The molecular formula is C12H16N6O2S2. The summed E-state index contributed by atoms with van der Waals surface area (Å²) in [7, 11) is 0. The average molecular weight is 340 g/mol. The predicted molar refractivity (Wildman–Crippen MR) is 85.2 cm³/mol. The van der Waals surface area contributed by atoms with E-state index in [0.717, 1.165) is 11.4 Å². The van der Waals surface area contributed by atoms with Gasteiger partial charge in [0.1, 0.15) is 10.7 Å². The van der Waals surface area contributed by atoms with E-state index in [4.69, 9.17) is 0 Å². The zero-order valence-corrected chi connectivity index (χ0v) is 14.0. The fraction of sp³-hybridized carbons (Fsp3) is 0.500. The van der Waals surface area contributed by atoms with E-state index in [0.29, 0.717) is 22.4 Å². The van der Waals surface area contributed by atoms with Gasteiger partial charge in [-0.15, -0.1) is 20.4 Å². The summed E-state index contributed by atoms with van der Waals surface area (Å²) in [4.78, 5) is 26.4. The van der Waals surface area contributed by atoms with Gasteiger partial charge in [0.2, 0.25) is 11.0 Å². The van der Waals surface area contributed by atoms with E-state index >= 15 is 0 Å². The lowest BCUT2D eigenvalue weighted by Crippen LogP contribution is -2.25. The maximum atomic E-state index is 12.3. The first-order valence-electron chi connectivity index (χ1n) is 6.77. The second-order valence-corrected chi connectivity index (χ2v) is 6.66. The number of aromatic nitrogens is 5. The number of aryl methyl sites for hydroxylation is 2. The topological polar surface area (TPSA) is 114 Å². The van der Waals surface area contributed by atoms with Gasteiger partial charge in [0, 0.05) is 0 Å². The number of carbonyl (C=O) groups is 1. The Kier molecular flexibility index (Phi) is 5.61. The highest BCUT2D eigenvalue weighted by Crippen LogP contribution is 2.23. The van der Waals surface area contributed by atoms with Crippen molar-refractivity contribution in [2.45, 2.75) is 44.0 Å². The first-order chi connectivity index (χ1) is 10.5. The lowest BCUT2D eigenvalue weighted by molar-refractivity contribution is -0.115. The molecule has 0 bridgehead atoms. The lowest BCUT2D eigenvalue weighted by Gasteiger charge is -2.11. The van der Waals surface area contributed by atoms with Crippen LogP contribution in [0.1, 0.15) is 31.0 Å². The van der Waals surface area contributed by atoms with Crippen molar-refractivity contribution in [3.63, 3.8) is 0 Å². The number of H-pyrrole nitrogens is 1. The van der Waals surface area contributed by atoms with Crippen molar-refractivity contribution in [3.8, 4) is 0 Å². The van der Waals surface area contributed by atoms with Crippen LogP contribution < -0.4 is 10.9 Å². The molecule has 0 aromatic carbocycles. The summed E-state index contributed by atoms with van der Waals surface area (Å²) in [6.07, 6.45) is 1.35. The third-order valence-electron chi connectivity index (χ3n) is 2.76.